The van der Waals surface area contributed by atoms with Crippen molar-refractivity contribution in [1.29, 1.82) is 0 Å². The molecule has 1 aromatic rings. The highest BCUT2D eigenvalue weighted by Gasteiger charge is 2.15. The molecule has 0 unspecified atom stereocenters. The topological polar surface area (TPSA) is 84.6 Å². The number of nitrogens with zero attached hydrogens (tertiary/aromatic N) is 2. The van der Waals surface area contributed by atoms with Crippen LogP contribution in [0.5, 0.6) is 5.88 Å². The molecule has 6 heteroatoms. The summed E-state index contributed by atoms with van der Waals surface area (Å²) in [6.07, 6.45) is 6.63. The van der Waals surface area contributed by atoms with Crippen LogP contribution in [0, 0.1) is 0 Å². The SMILES string of the molecule is COc1cc(CN=C(NN)NC2CCCC2)ccn1. The number of methoxy groups -OCH3 is 1. The number of aromatic nitrogens is 1. The Hall–Kier alpha value is -1.82. The van der Waals surface area contributed by atoms with Gasteiger partial charge in [0.1, 0.15) is 0 Å². The molecule has 1 aromatic heterocycles. The molecule has 0 saturated heterocycles. The van der Waals surface area contributed by atoms with Crippen molar-refractivity contribution in [2.75, 3.05) is 7.11 Å². The first-order chi connectivity index (χ1) is 9.31. The van der Waals surface area contributed by atoms with Crippen LogP contribution in [0.2, 0.25) is 0 Å². The van der Waals surface area contributed by atoms with Crippen LogP contribution in [0.4, 0.5) is 0 Å². The van der Waals surface area contributed by atoms with Gasteiger partial charge in [0.05, 0.1) is 13.7 Å². The molecule has 0 atom stereocenters. The average molecular weight is 263 g/mol. The molecule has 0 amide bonds. The molecule has 4 N–H and O–H groups in total. The van der Waals surface area contributed by atoms with E-state index in [2.05, 4.69) is 20.7 Å². The maximum Gasteiger partial charge on any atom is 0.213 e. The van der Waals surface area contributed by atoms with Gasteiger partial charge < -0.3 is 10.1 Å². The number of guanidine groups is 1. The minimum Gasteiger partial charge on any atom is -0.481 e. The van der Waals surface area contributed by atoms with Gasteiger partial charge in [-0.25, -0.2) is 15.8 Å². The van der Waals surface area contributed by atoms with E-state index in [-0.39, 0.29) is 0 Å². The van der Waals surface area contributed by atoms with Crippen molar-refractivity contribution in [3.05, 3.63) is 23.9 Å². The number of hydrogen-bond donors (Lipinski definition) is 3. The molecule has 0 aromatic carbocycles. The predicted molar refractivity (Wildman–Crippen MR) is 74.6 cm³/mol. The molecule has 6 nitrogen and oxygen atoms in total. The van der Waals surface area contributed by atoms with Gasteiger partial charge in [0, 0.05) is 18.3 Å². The Morgan fingerprint density at radius 2 is 2.32 bits per heavy atom. The van der Waals surface area contributed by atoms with Gasteiger partial charge in [-0.3, -0.25) is 5.43 Å². The summed E-state index contributed by atoms with van der Waals surface area (Å²) in [5.41, 5.74) is 3.65. The number of hydrogen-bond acceptors (Lipinski definition) is 4. The minimum absolute atomic E-state index is 0.488. The molecule has 19 heavy (non-hydrogen) atoms. The third-order valence-electron chi connectivity index (χ3n) is 3.26. The highest BCUT2D eigenvalue weighted by atomic mass is 16.5. The maximum atomic E-state index is 5.49. The standard InChI is InChI=1S/C13H21N5O/c1-19-12-8-10(6-7-15-12)9-16-13(18-14)17-11-4-2-3-5-11/h6-8,11H,2-5,9,14H2,1H3,(H2,16,17,18). The van der Waals surface area contributed by atoms with Crippen molar-refractivity contribution in [3.8, 4) is 5.88 Å². The number of nitrogens with two attached hydrogens (primary N) is 1. The summed E-state index contributed by atoms with van der Waals surface area (Å²) in [7, 11) is 1.60. The van der Waals surface area contributed by atoms with Gasteiger partial charge in [-0.15, -0.1) is 0 Å². The van der Waals surface area contributed by atoms with Gasteiger partial charge >= 0.3 is 0 Å². The fourth-order valence-electron chi connectivity index (χ4n) is 2.23. The second-order valence-electron chi connectivity index (χ2n) is 4.64. The molecule has 0 bridgehead atoms. The van der Waals surface area contributed by atoms with E-state index < -0.39 is 0 Å². The number of aliphatic imine (C=N–C) groups is 1. The Bertz CT molecular complexity index is 429. The maximum absolute atomic E-state index is 5.49. The Kier molecular flexibility index (Phi) is 4.97. The largest absolute Gasteiger partial charge is 0.481 e. The van der Waals surface area contributed by atoms with Crippen molar-refractivity contribution < 1.29 is 4.74 Å². The molecular formula is C13H21N5O. The van der Waals surface area contributed by atoms with Gasteiger partial charge in [-0.2, -0.15) is 0 Å². The van der Waals surface area contributed by atoms with Crippen LogP contribution in [0.15, 0.2) is 23.3 Å². The second kappa shape index (κ2) is 6.94. The fourth-order valence-corrected chi connectivity index (χ4v) is 2.23. The summed E-state index contributed by atoms with van der Waals surface area (Å²) in [6, 6.07) is 4.27. The highest BCUT2D eigenvalue weighted by Crippen LogP contribution is 2.17. The molecular weight excluding hydrogens is 242 g/mol. The van der Waals surface area contributed by atoms with Crippen LogP contribution in [-0.4, -0.2) is 24.1 Å². The van der Waals surface area contributed by atoms with Crippen molar-refractivity contribution in [2.45, 2.75) is 38.3 Å². The van der Waals surface area contributed by atoms with Gasteiger partial charge in [0.2, 0.25) is 11.8 Å². The number of nitrogens with one attached hydrogen (secondary N) is 2. The fraction of sp³-hybridized carbons (Fsp3) is 0.538. The lowest BCUT2D eigenvalue weighted by Gasteiger charge is -2.15. The number of rotatable bonds is 4. The number of hydrazine groups is 1. The van der Waals surface area contributed by atoms with E-state index in [0.29, 0.717) is 24.4 Å². The smallest absolute Gasteiger partial charge is 0.213 e. The van der Waals surface area contributed by atoms with Crippen LogP contribution in [0.1, 0.15) is 31.2 Å². The van der Waals surface area contributed by atoms with E-state index in [1.54, 1.807) is 13.3 Å². The van der Waals surface area contributed by atoms with E-state index in [4.69, 9.17) is 10.6 Å². The summed E-state index contributed by atoms with van der Waals surface area (Å²) < 4.78 is 5.08. The summed E-state index contributed by atoms with van der Waals surface area (Å²) in [4.78, 5) is 8.50. The molecule has 104 valence electrons. The van der Waals surface area contributed by atoms with Crippen molar-refractivity contribution in [3.63, 3.8) is 0 Å². The van der Waals surface area contributed by atoms with Gasteiger partial charge in [0.15, 0.2) is 0 Å². The Morgan fingerprint density at radius 1 is 1.53 bits per heavy atom. The molecule has 1 heterocycles. The zero-order valence-electron chi connectivity index (χ0n) is 11.2. The molecule has 1 fully saturated rings. The molecule has 0 spiro atoms. The number of pyridine rings is 1. The monoisotopic (exact) mass is 263 g/mol. The Morgan fingerprint density at radius 3 is 3.00 bits per heavy atom. The molecule has 1 aliphatic carbocycles. The second-order valence-corrected chi connectivity index (χ2v) is 4.64. The van der Waals surface area contributed by atoms with Gasteiger partial charge in [-0.1, -0.05) is 12.8 Å². The molecule has 1 aliphatic rings. The molecule has 1 saturated carbocycles. The van der Waals surface area contributed by atoms with Crippen LogP contribution >= 0.6 is 0 Å². The predicted octanol–water partition coefficient (Wildman–Crippen LogP) is 0.942. The lowest BCUT2D eigenvalue weighted by Crippen LogP contribution is -2.45. The summed E-state index contributed by atoms with van der Waals surface area (Å²) in [6.45, 7) is 0.540. The average Bonchev–Trinajstić information content (AvgIpc) is 2.96. The van der Waals surface area contributed by atoms with Gasteiger partial charge in [-0.05, 0) is 24.5 Å². The molecule has 2 rings (SSSR count). The zero-order valence-corrected chi connectivity index (χ0v) is 11.2. The lowest BCUT2D eigenvalue weighted by atomic mass is 10.2. The van der Waals surface area contributed by atoms with Crippen LogP contribution in [0.3, 0.4) is 0 Å². The van der Waals surface area contributed by atoms with E-state index in [9.17, 15) is 0 Å². The van der Waals surface area contributed by atoms with Crippen LogP contribution in [0.25, 0.3) is 0 Å². The highest BCUT2D eigenvalue weighted by molar-refractivity contribution is 5.79. The number of ether oxygens (including phenoxy) is 1. The van der Waals surface area contributed by atoms with Crippen molar-refractivity contribution >= 4 is 5.96 Å². The lowest BCUT2D eigenvalue weighted by molar-refractivity contribution is 0.397. The summed E-state index contributed by atoms with van der Waals surface area (Å²) in [5.74, 6) is 6.73. The van der Waals surface area contributed by atoms with Crippen LogP contribution in [-0.2, 0) is 6.54 Å². The van der Waals surface area contributed by atoms with E-state index in [1.165, 1.54) is 25.7 Å². The first-order valence-corrected chi connectivity index (χ1v) is 6.58. The van der Waals surface area contributed by atoms with Gasteiger partial charge in [0.25, 0.3) is 0 Å². The first kappa shape index (κ1) is 13.6. The minimum atomic E-state index is 0.488. The third kappa shape index (κ3) is 4.10. The normalized spacial score (nSPS) is 16.4. The Balaban J connectivity index is 1.93. The Labute approximate surface area is 113 Å². The summed E-state index contributed by atoms with van der Waals surface area (Å²) in [5, 5.41) is 3.33. The summed E-state index contributed by atoms with van der Waals surface area (Å²) >= 11 is 0. The van der Waals surface area contributed by atoms with Crippen LogP contribution < -0.4 is 21.3 Å². The molecule has 0 aliphatic heterocycles. The van der Waals surface area contributed by atoms with E-state index in [0.717, 1.165) is 5.56 Å². The van der Waals surface area contributed by atoms with E-state index in [1.807, 2.05) is 12.1 Å². The third-order valence-corrected chi connectivity index (χ3v) is 3.26. The zero-order chi connectivity index (χ0) is 13.5. The quantitative estimate of drug-likeness (QED) is 0.326. The van der Waals surface area contributed by atoms with Crippen molar-refractivity contribution in [2.24, 2.45) is 10.8 Å². The van der Waals surface area contributed by atoms with E-state index >= 15 is 0 Å². The molecule has 0 radical (unpaired) electrons. The van der Waals surface area contributed by atoms with Crippen molar-refractivity contribution in [1.82, 2.24) is 15.7 Å². The first-order valence-electron chi connectivity index (χ1n) is 6.58.